The van der Waals surface area contributed by atoms with Crippen molar-refractivity contribution in [1.82, 2.24) is 9.88 Å². The lowest BCUT2D eigenvalue weighted by Gasteiger charge is -2.11. The Kier molecular flexibility index (Phi) is 6.58. The third kappa shape index (κ3) is 4.69. The van der Waals surface area contributed by atoms with Crippen molar-refractivity contribution in [2.45, 2.75) is 26.4 Å². The van der Waals surface area contributed by atoms with Crippen molar-refractivity contribution in [3.05, 3.63) is 106 Å². The number of rotatable bonds is 8. The average Bonchev–Trinajstić information content (AvgIpc) is 3.07. The molecule has 4 aromatic rings. The molecule has 0 spiro atoms. The number of aromatic nitrogens is 1. The lowest BCUT2D eigenvalue weighted by atomic mass is 10.1. The minimum atomic E-state index is -1.02. The molecule has 3 aromatic carbocycles. The van der Waals surface area contributed by atoms with Gasteiger partial charge in [0.15, 0.2) is 0 Å². The fourth-order valence-corrected chi connectivity index (χ4v) is 4.14. The Hall–Kier alpha value is -3.15. The Labute approximate surface area is 191 Å². The third-order valence-electron chi connectivity index (χ3n) is 5.62. The van der Waals surface area contributed by atoms with Crippen molar-refractivity contribution >= 4 is 28.5 Å². The molecule has 0 unspecified atom stereocenters. The Morgan fingerprint density at radius 3 is 2.56 bits per heavy atom. The van der Waals surface area contributed by atoms with E-state index < -0.39 is 5.97 Å². The molecule has 164 valence electrons. The predicted molar refractivity (Wildman–Crippen MR) is 126 cm³/mol. The number of aryl methyl sites for hydroxylation is 1. The lowest BCUT2D eigenvalue weighted by Crippen LogP contribution is -2.19. The normalized spacial score (nSPS) is 11.2. The highest BCUT2D eigenvalue weighted by Crippen LogP contribution is 2.29. The van der Waals surface area contributed by atoms with Crippen LogP contribution in [0.3, 0.4) is 0 Å². The maximum absolute atomic E-state index is 14.3. The molecule has 6 heteroatoms. The molecule has 0 aliphatic heterocycles. The summed E-state index contributed by atoms with van der Waals surface area (Å²) in [4.78, 5) is 12.3. The summed E-state index contributed by atoms with van der Waals surface area (Å²) in [6.07, 6.45) is 0.798. The second-order valence-electron chi connectivity index (χ2n) is 7.88. The highest BCUT2D eigenvalue weighted by molar-refractivity contribution is 6.30. The Balaban J connectivity index is 1.65. The molecule has 4 rings (SSSR count). The van der Waals surface area contributed by atoms with Gasteiger partial charge in [-0.15, -0.1) is 0 Å². The first kappa shape index (κ1) is 22.1. The number of hydrogen-bond donors (Lipinski definition) is 2. The van der Waals surface area contributed by atoms with Gasteiger partial charge in [-0.25, -0.2) is 9.18 Å². The van der Waals surface area contributed by atoms with Gasteiger partial charge in [-0.05, 0) is 55.3 Å². The Bertz CT molecular complexity index is 1270. The average molecular weight is 451 g/mol. The van der Waals surface area contributed by atoms with Crippen molar-refractivity contribution < 1.29 is 14.3 Å². The molecule has 0 aliphatic rings. The molecular weight excluding hydrogens is 427 g/mol. The van der Waals surface area contributed by atoms with Gasteiger partial charge in [0.05, 0.1) is 6.54 Å². The van der Waals surface area contributed by atoms with Crippen LogP contribution in [0.25, 0.3) is 10.9 Å². The number of nitrogens with one attached hydrogen (secondary N) is 1. The maximum Gasteiger partial charge on any atom is 0.352 e. The minimum absolute atomic E-state index is 0.152. The van der Waals surface area contributed by atoms with Gasteiger partial charge in [0.2, 0.25) is 0 Å². The van der Waals surface area contributed by atoms with Crippen LogP contribution in [0.1, 0.15) is 32.7 Å². The zero-order chi connectivity index (χ0) is 22.7. The molecule has 4 nitrogen and oxygen atoms in total. The van der Waals surface area contributed by atoms with Crippen molar-refractivity contribution in [1.29, 1.82) is 0 Å². The molecule has 0 saturated carbocycles. The van der Waals surface area contributed by atoms with Crippen LogP contribution in [-0.4, -0.2) is 22.2 Å². The van der Waals surface area contributed by atoms with Gasteiger partial charge in [-0.1, -0.05) is 54.1 Å². The second kappa shape index (κ2) is 9.55. The number of carboxylic acids is 1. The van der Waals surface area contributed by atoms with Crippen molar-refractivity contribution in [2.75, 3.05) is 6.54 Å². The first-order chi connectivity index (χ1) is 15.4. The zero-order valence-corrected chi connectivity index (χ0v) is 18.5. The third-order valence-corrected chi connectivity index (χ3v) is 5.87. The fraction of sp³-hybridized carbons (Fsp3) is 0.192. The van der Waals surface area contributed by atoms with Crippen LogP contribution in [0.15, 0.2) is 66.7 Å². The van der Waals surface area contributed by atoms with Crippen molar-refractivity contribution in [3.8, 4) is 0 Å². The van der Waals surface area contributed by atoms with E-state index in [9.17, 15) is 14.3 Å². The number of carboxylic acid groups (broad SMARTS) is 1. The van der Waals surface area contributed by atoms with E-state index in [4.69, 9.17) is 11.6 Å². The summed E-state index contributed by atoms with van der Waals surface area (Å²) in [6.45, 7) is 3.20. The summed E-state index contributed by atoms with van der Waals surface area (Å²) >= 11 is 5.94. The zero-order valence-electron chi connectivity index (χ0n) is 17.7. The fourth-order valence-electron chi connectivity index (χ4n) is 4.01. The quantitative estimate of drug-likeness (QED) is 0.332. The van der Waals surface area contributed by atoms with Crippen molar-refractivity contribution in [2.24, 2.45) is 0 Å². The molecule has 0 amide bonds. The SMILES string of the molecule is Cc1ccc2c(CNCCc3ccc(Cl)cc3)c(C(=O)O)n(Cc3ccccc3F)c2c1. The van der Waals surface area contributed by atoms with E-state index in [0.717, 1.165) is 28.5 Å². The summed E-state index contributed by atoms with van der Waals surface area (Å²) < 4.78 is 16.1. The van der Waals surface area contributed by atoms with Gasteiger partial charge in [-0.3, -0.25) is 0 Å². The number of halogens is 2. The first-order valence-electron chi connectivity index (χ1n) is 10.5. The number of nitrogens with zero attached hydrogens (tertiary/aromatic N) is 1. The van der Waals surface area contributed by atoms with Gasteiger partial charge in [-0.2, -0.15) is 0 Å². The van der Waals surface area contributed by atoms with E-state index in [0.29, 0.717) is 29.2 Å². The molecule has 2 N–H and O–H groups in total. The maximum atomic E-state index is 14.3. The standard InChI is InChI=1S/C26H24ClFN2O2/c1-17-6-11-21-22(15-29-13-12-18-7-9-20(27)10-8-18)25(26(31)32)30(24(21)14-17)16-19-4-2-3-5-23(19)28/h2-11,14,29H,12-13,15-16H2,1H3,(H,31,32). The molecule has 1 aromatic heterocycles. The van der Waals surface area contributed by atoms with Crippen molar-refractivity contribution in [3.63, 3.8) is 0 Å². The van der Waals surface area contributed by atoms with Crippen LogP contribution in [0.2, 0.25) is 5.02 Å². The van der Waals surface area contributed by atoms with E-state index in [1.165, 1.54) is 6.07 Å². The molecule has 0 bridgehead atoms. The number of hydrogen-bond acceptors (Lipinski definition) is 2. The molecule has 0 radical (unpaired) electrons. The molecule has 0 aliphatic carbocycles. The van der Waals surface area contributed by atoms with Gasteiger partial charge < -0.3 is 15.0 Å². The molecule has 0 saturated heterocycles. The first-order valence-corrected chi connectivity index (χ1v) is 10.9. The smallest absolute Gasteiger partial charge is 0.352 e. The summed E-state index contributed by atoms with van der Waals surface area (Å²) in [5, 5.41) is 15.0. The van der Waals surface area contributed by atoms with E-state index in [2.05, 4.69) is 5.32 Å². The minimum Gasteiger partial charge on any atom is -0.477 e. The summed E-state index contributed by atoms with van der Waals surface area (Å²) in [5.41, 5.74) is 4.31. The molecule has 1 heterocycles. The predicted octanol–water partition coefficient (Wildman–Crippen LogP) is 5.82. The Morgan fingerprint density at radius 1 is 1.09 bits per heavy atom. The largest absolute Gasteiger partial charge is 0.477 e. The summed E-state index contributed by atoms with van der Waals surface area (Å²) in [5.74, 6) is -1.37. The van der Waals surface area contributed by atoms with Crippen LogP contribution in [0.5, 0.6) is 0 Å². The second-order valence-corrected chi connectivity index (χ2v) is 8.32. The number of benzene rings is 3. The van der Waals surface area contributed by atoms with Gasteiger partial charge in [0, 0.05) is 33.6 Å². The van der Waals surface area contributed by atoms with E-state index in [1.54, 1.807) is 22.8 Å². The van der Waals surface area contributed by atoms with Gasteiger partial charge in [0.25, 0.3) is 0 Å². The van der Waals surface area contributed by atoms with E-state index in [1.807, 2.05) is 49.4 Å². The lowest BCUT2D eigenvalue weighted by molar-refractivity contribution is 0.0684. The molecule has 0 fully saturated rings. The van der Waals surface area contributed by atoms with E-state index >= 15 is 0 Å². The van der Waals surface area contributed by atoms with E-state index in [-0.39, 0.29) is 18.1 Å². The van der Waals surface area contributed by atoms with Crippen LogP contribution in [0, 0.1) is 12.7 Å². The summed E-state index contributed by atoms with van der Waals surface area (Å²) in [6, 6.07) is 20.0. The Morgan fingerprint density at radius 2 is 1.84 bits per heavy atom. The van der Waals surface area contributed by atoms with Crippen LogP contribution < -0.4 is 5.32 Å². The van der Waals surface area contributed by atoms with Crippen LogP contribution in [0.4, 0.5) is 4.39 Å². The number of fused-ring (bicyclic) bond motifs is 1. The number of carbonyl (C=O) groups is 1. The van der Waals surface area contributed by atoms with Crippen LogP contribution >= 0.6 is 11.6 Å². The number of aromatic carboxylic acids is 1. The molecule has 0 atom stereocenters. The van der Waals surface area contributed by atoms with Crippen LogP contribution in [-0.2, 0) is 19.5 Å². The molecule has 32 heavy (non-hydrogen) atoms. The topological polar surface area (TPSA) is 54.3 Å². The molecular formula is C26H24ClFN2O2. The summed E-state index contributed by atoms with van der Waals surface area (Å²) in [7, 11) is 0. The van der Waals surface area contributed by atoms with Gasteiger partial charge in [0.1, 0.15) is 11.5 Å². The monoisotopic (exact) mass is 450 g/mol. The highest BCUT2D eigenvalue weighted by Gasteiger charge is 2.23. The highest BCUT2D eigenvalue weighted by atomic mass is 35.5. The van der Waals surface area contributed by atoms with Gasteiger partial charge >= 0.3 is 5.97 Å².